The van der Waals surface area contributed by atoms with Gasteiger partial charge in [0.25, 0.3) is 11.6 Å². The number of non-ortho nitro benzene ring substituents is 1. The molecule has 1 amide bonds. The second kappa shape index (κ2) is 5.96. The Balaban J connectivity index is 2.29. The fourth-order valence-corrected chi connectivity index (χ4v) is 1.95. The van der Waals surface area contributed by atoms with E-state index in [1.54, 1.807) is 0 Å². The Hall–Kier alpha value is -2.35. The molecule has 21 heavy (non-hydrogen) atoms. The molecule has 2 aromatic carbocycles. The first-order chi connectivity index (χ1) is 9.88. The molecule has 1 N–H and O–H groups in total. The zero-order valence-electron chi connectivity index (χ0n) is 10.3. The number of carbonyl (C=O) groups is 1. The zero-order valence-corrected chi connectivity index (χ0v) is 11.9. The van der Waals surface area contributed by atoms with Gasteiger partial charge >= 0.3 is 0 Å². The predicted octanol–water partition coefficient (Wildman–Crippen LogP) is 3.89. The molecule has 0 saturated carbocycles. The lowest BCUT2D eigenvalue weighted by molar-refractivity contribution is -0.384. The molecule has 2 aromatic rings. The van der Waals surface area contributed by atoms with Gasteiger partial charge < -0.3 is 5.32 Å². The molecule has 0 saturated heterocycles. The van der Waals surface area contributed by atoms with Crippen molar-refractivity contribution in [2.45, 2.75) is 0 Å². The van der Waals surface area contributed by atoms with Gasteiger partial charge in [-0.25, -0.2) is 8.78 Å². The van der Waals surface area contributed by atoms with E-state index in [9.17, 15) is 23.7 Å². The van der Waals surface area contributed by atoms with E-state index in [0.29, 0.717) is 0 Å². The van der Waals surface area contributed by atoms with Gasteiger partial charge in [-0.1, -0.05) is 0 Å². The third-order valence-corrected chi connectivity index (χ3v) is 3.19. The van der Waals surface area contributed by atoms with Crippen LogP contribution >= 0.6 is 15.9 Å². The number of halogens is 3. The molecule has 108 valence electrons. The molecule has 0 bridgehead atoms. The maximum atomic E-state index is 13.6. The number of nitrogens with zero attached hydrogens (tertiary/aromatic N) is 1. The molecule has 0 aliphatic heterocycles. The Kier molecular flexibility index (Phi) is 4.27. The lowest BCUT2D eigenvalue weighted by Gasteiger charge is -2.07. The number of nitro benzene ring substituents is 1. The van der Waals surface area contributed by atoms with E-state index in [0.717, 1.165) is 24.3 Å². The van der Waals surface area contributed by atoms with Crippen LogP contribution in [0.2, 0.25) is 0 Å². The average Bonchev–Trinajstić information content (AvgIpc) is 2.43. The smallest absolute Gasteiger partial charge is 0.270 e. The summed E-state index contributed by atoms with van der Waals surface area (Å²) in [5, 5.41) is 13.0. The highest BCUT2D eigenvalue weighted by Gasteiger charge is 2.17. The van der Waals surface area contributed by atoms with Crippen LogP contribution in [0.3, 0.4) is 0 Å². The Bertz CT molecular complexity index is 737. The van der Waals surface area contributed by atoms with Crippen molar-refractivity contribution in [3.8, 4) is 0 Å². The average molecular weight is 357 g/mol. The fraction of sp³-hybridized carbons (Fsp3) is 0. The van der Waals surface area contributed by atoms with Gasteiger partial charge in [0.2, 0.25) is 0 Å². The van der Waals surface area contributed by atoms with Gasteiger partial charge in [0.1, 0.15) is 11.6 Å². The van der Waals surface area contributed by atoms with Crippen LogP contribution in [0.15, 0.2) is 40.9 Å². The minimum atomic E-state index is -0.890. The Morgan fingerprint density at radius 3 is 2.43 bits per heavy atom. The van der Waals surface area contributed by atoms with Crippen LogP contribution in [0.5, 0.6) is 0 Å². The number of hydrogen-bond acceptors (Lipinski definition) is 3. The molecule has 0 unspecified atom stereocenters. The lowest BCUT2D eigenvalue weighted by Crippen LogP contribution is -2.14. The van der Waals surface area contributed by atoms with Crippen molar-refractivity contribution in [1.82, 2.24) is 0 Å². The lowest BCUT2D eigenvalue weighted by atomic mass is 10.1. The number of nitro groups is 1. The molecule has 0 heterocycles. The second-order valence-electron chi connectivity index (χ2n) is 4.00. The normalized spacial score (nSPS) is 10.2. The molecule has 0 aliphatic carbocycles. The van der Waals surface area contributed by atoms with E-state index in [4.69, 9.17) is 0 Å². The van der Waals surface area contributed by atoms with Crippen molar-refractivity contribution in [3.05, 3.63) is 68.2 Å². The molecule has 0 fully saturated rings. The van der Waals surface area contributed by atoms with Crippen molar-refractivity contribution in [2.24, 2.45) is 0 Å². The van der Waals surface area contributed by atoms with E-state index in [1.807, 2.05) is 0 Å². The highest BCUT2D eigenvalue weighted by molar-refractivity contribution is 9.10. The van der Waals surface area contributed by atoms with Gasteiger partial charge in [-0.2, -0.15) is 0 Å². The van der Waals surface area contributed by atoms with Gasteiger partial charge in [-0.3, -0.25) is 14.9 Å². The van der Waals surface area contributed by atoms with E-state index in [2.05, 4.69) is 21.2 Å². The van der Waals surface area contributed by atoms with Crippen molar-refractivity contribution < 1.29 is 18.5 Å². The van der Waals surface area contributed by atoms with Crippen molar-refractivity contribution >= 4 is 33.2 Å². The van der Waals surface area contributed by atoms with Crippen LogP contribution < -0.4 is 5.32 Å². The summed E-state index contributed by atoms with van der Waals surface area (Å²) < 4.78 is 26.8. The maximum Gasteiger partial charge on any atom is 0.270 e. The highest BCUT2D eigenvalue weighted by Crippen LogP contribution is 2.22. The summed E-state index contributed by atoms with van der Waals surface area (Å²) in [7, 11) is 0. The quantitative estimate of drug-likeness (QED) is 0.669. The van der Waals surface area contributed by atoms with E-state index in [1.165, 1.54) is 12.1 Å². The SMILES string of the molecule is O=C(Nc1ccc(F)c(Br)c1)c1cc([N+](=O)[O-])ccc1F. The number of carbonyl (C=O) groups excluding carboxylic acids is 1. The molecular weight excluding hydrogens is 350 g/mol. The summed E-state index contributed by atoms with van der Waals surface area (Å²) in [5.41, 5.74) is -0.648. The number of anilines is 1. The summed E-state index contributed by atoms with van der Waals surface area (Å²) in [4.78, 5) is 21.8. The summed E-state index contributed by atoms with van der Waals surface area (Å²) >= 11 is 2.95. The highest BCUT2D eigenvalue weighted by atomic mass is 79.9. The van der Waals surface area contributed by atoms with Gasteiger partial charge in [0.15, 0.2) is 0 Å². The van der Waals surface area contributed by atoms with Crippen LogP contribution in [-0.4, -0.2) is 10.8 Å². The summed E-state index contributed by atoms with van der Waals surface area (Å²) in [5.74, 6) is -2.27. The molecule has 8 heteroatoms. The minimum absolute atomic E-state index is 0.125. The van der Waals surface area contributed by atoms with E-state index in [-0.39, 0.29) is 10.2 Å². The molecule has 5 nitrogen and oxygen atoms in total. The Labute approximate surface area is 125 Å². The van der Waals surface area contributed by atoms with Crippen LogP contribution in [0.4, 0.5) is 20.2 Å². The van der Waals surface area contributed by atoms with Crippen molar-refractivity contribution in [1.29, 1.82) is 0 Å². The number of amides is 1. The molecule has 0 aliphatic rings. The first-order valence-electron chi connectivity index (χ1n) is 5.59. The van der Waals surface area contributed by atoms with Crippen LogP contribution in [-0.2, 0) is 0 Å². The topological polar surface area (TPSA) is 72.2 Å². The number of hydrogen-bond donors (Lipinski definition) is 1. The van der Waals surface area contributed by atoms with Crippen LogP contribution in [0, 0.1) is 21.7 Å². The summed E-state index contributed by atoms with van der Waals surface area (Å²) in [6.07, 6.45) is 0. The monoisotopic (exact) mass is 356 g/mol. The first kappa shape index (κ1) is 15.0. The molecule has 0 radical (unpaired) electrons. The standard InChI is InChI=1S/C13H7BrF2N2O3/c14-10-5-7(1-3-12(10)16)17-13(19)9-6-8(18(20)21)2-4-11(9)15/h1-6H,(H,17,19). The number of rotatable bonds is 3. The number of nitrogens with one attached hydrogen (secondary N) is 1. The Morgan fingerprint density at radius 1 is 1.14 bits per heavy atom. The largest absolute Gasteiger partial charge is 0.322 e. The molecule has 0 aromatic heterocycles. The molecule has 2 rings (SSSR count). The molecule has 0 spiro atoms. The van der Waals surface area contributed by atoms with E-state index < -0.39 is 33.7 Å². The maximum absolute atomic E-state index is 13.6. The van der Waals surface area contributed by atoms with Crippen LogP contribution in [0.25, 0.3) is 0 Å². The molecule has 0 atom stereocenters. The summed E-state index contributed by atoms with van der Waals surface area (Å²) in [6, 6.07) is 6.33. The summed E-state index contributed by atoms with van der Waals surface area (Å²) in [6.45, 7) is 0. The van der Waals surface area contributed by atoms with Gasteiger partial charge in [-0.15, -0.1) is 0 Å². The van der Waals surface area contributed by atoms with Crippen LogP contribution in [0.1, 0.15) is 10.4 Å². The first-order valence-corrected chi connectivity index (χ1v) is 6.38. The van der Waals surface area contributed by atoms with Crippen molar-refractivity contribution in [3.63, 3.8) is 0 Å². The van der Waals surface area contributed by atoms with E-state index >= 15 is 0 Å². The third kappa shape index (κ3) is 3.40. The third-order valence-electron chi connectivity index (χ3n) is 2.58. The Morgan fingerprint density at radius 2 is 1.81 bits per heavy atom. The fourth-order valence-electron chi connectivity index (χ4n) is 1.57. The van der Waals surface area contributed by atoms with Gasteiger partial charge in [0.05, 0.1) is 15.0 Å². The minimum Gasteiger partial charge on any atom is -0.322 e. The molecular formula is C13H7BrF2N2O3. The second-order valence-corrected chi connectivity index (χ2v) is 4.86. The number of benzene rings is 2. The van der Waals surface area contributed by atoms with Gasteiger partial charge in [-0.05, 0) is 40.2 Å². The zero-order chi connectivity index (χ0) is 15.6. The van der Waals surface area contributed by atoms with Gasteiger partial charge in [0, 0.05) is 17.8 Å². The predicted molar refractivity (Wildman–Crippen MR) is 75.1 cm³/mol. The van der Waals surface area contributed by atoms with Crippen molar-refractivity contribution in [2.75, 3.05) is 5.32 Å².